The van der Waals surface area contributed by atoms with Gasteiger partial charge in [-0.05, 0) is 25.1 Å². The molecule has 0 saturated carbocycles. The van der Waals surface area contributed by atoms with Crippen LogP contribution in [-0.4, -0.2) is 17.6 Å². The Balaban J connectivity index is 2.51. The molecule has 0 bridgehead atoms. The number of anilines is 1. The quantitative estimate of drug-likeness (QED) is 0.603. The Bertz CT molecular complexity index is 548. The van der Waals surface area contributed by atoms with Crippen LogP contribution in [0.1, 0.15) is 17.4 Å². The molecule has 0 aliphatic rings. The first-order chi connectivity index (χ1) is 7.61. The van der Waals surface area contributed by atoms with Crippen molar-refractivity contribution in [2.45, 2.75) is 6.92 Å². The van der Waals surface area contributed by atoms with Crippen molar-refractivity contribution < 1.29 is 13.9 Å². The molecule has 1 aromatic carbocycles. The second-order valence-corrected chi connectivity index (χ2v) is 3.36. The Morgan fingerprint density at radius 1 is 1.50 bits per heavy atom. The van der Waals surface area contributed by atoms with E-state index in [1.54, 1.807) is 6.92 Å². The maximum absolute atomic E-state index is 13.0. The third kappa shape index (κ3) is 1.71. The summed E-state index contributed by atoms with van der Waals surface area (Å²) >= 11 is 0. The van der Waals surface area contributed by atoms with Crippen LogP contribution in [0.5, 0.6) is 0 Å². The van der Waals surface area contributed by atoms with Crippen molar-refractivity contribution in [2.75, 3.05) is 12.3 Å². The molecule has 0 fully saturated rings. The molecule has 16 heavy (non-hydrogen) atoms. The average Bonchev–Trinajstić information content (AvgIpc) is 2.62. The van der Waals surface area contributed by atoms with Crippen molar-refractivity contribution in [3.8, 4) is 0 Å². The largest absolute Gasteiger partial charge is 0.461 e. The van der Waals surface area contributed by atoms with Gasteiger partial charge in [0.25, 0.3) is 0 Å². The zero-order valence-electron chi connectivity index (χ0n) is 8.71. The van der Waals surface area contributed by atoms with Gasteiger partial charge in [-0.3, -0.25) is 0 Å². The van der Waals surface area contributed by atoms with Crippen molar-refractivity contribution in [1.82, 2.24) is 4.98 Å². The highest BCUT2D eigenvalue weighted by molar-refractivity contribution is 5.98. The van der Waals surface area contributed by atoms with E-state index in [-0.39, 0.29) is 18.0 Å². The number of esters is 1. The SMILES string of the molecule is CCOC(=O)c1cc2cc(F)cc(N)c2[nH]1. The number of nitrogens with one attached hydrogen (secondary N) is 1. The second-order valence-electron chi connectivity index (χ2n) is 3.36. The van der Waals surface area contributed by atoms with Gasteiger partial charge < -0.3 is 15.5 Å². The van der Waals surface area contributed by atoms with Gasteiger partial charge in [-0.15, -0.1) is 0 Å². The lowest BCUT2D eigenvalue weighted by atomic mass is 10.2. The minimum absolute atomic E-state index is 0.269. The molecule has 3 N–H and O–H groups in total. The number of hydrogen-bond acceptors (Lipinski definition) is 3. The maximum atomic E-state index is 13.0. The first-order valence-corrected chi connectivity index (χ1v) is 4.86. The van der Waals surface area contributed by atoms with Gasteiger partial charge in [0, 0.05) is 5.39 Å². The number of rotatable bonds is 2. The molecule has 1 aromatic heterocycles. The lowest BCUT2D eigenvalue weighted by Gasteiger charge is -1.97. The van der Waals surface area contributed by atoms with E-state index in [1.807, 2.05) is 0 Å². The Morgan fingerprint density at radius 2 is 2.25 bits per heavy atom. The Kier molecular flexibility index (Phi) is 2.52. The standard InChI is InChI=1S/C11H11FN2O2/c1-2-16-11(15)9-4-6-3-7(12)5-8(13)10(6)14-9/h3-5,14H,2,13H2,1H3. The highest BCUT2D eigenvalue weighted by Gasteiger charge is 2.12. The van der Waals surface area contributed by atoms with Gasteiger partial charge in [0.05, 0.1) is 17.8 Å². The molecule has 0 amide bonds. The molecule has 4 nitrogen and oxygen atoms in total. The molecular formula is C11H11FN2O2. The molecule has 0 radical (unpaired) electrons. The molecule has 1 heterocycles. The molecule has 5 heteroatoms. The summed E-state index contributed by atoms with van der Waals surface area (Å²) in [5, 5.41) is 0.556. The van der Waals surface area contributed by atoms with E-state index in [2.05, 4.69) is 4.98 Å². The summed E-state index contributed by atoms with van der Waals surface area (Å²) in [6.45, 7) is 2.01. The first-order valence-electron chi connectivity index (χ1n) is 4.86. The summed E-state index contributed by atoms with van der Waals surface area (Å²) < 4.78 is 17.9. The second kappa shape index (κ2) is 3.84. The number of aromatic nitrogens is 1. The van der Waals surface area contributed by atoms with Gasteiger partial charge in [-0.25, -0.2) is 9.18 Å². The zero-order valence-corrected chi connectivity index (χ0v) is 8.71. The summed E-state index contributed by atoms with van der Waals surface area (Å²) in [4.78, 5) is 14.2. The number of aromatic amines is 1. The zero-order chi connectivity index (χ0) is 11.7. The monoisotopic (exact) mass is 222 g/mol. The van der Waals surface area contributed by atoms with Crippen LogP contribution in [0.15, 0.2) is 18.2 Å². The minimum atomic E-state index is -0.474. The van der Waals surface area contributed by atoms with Gasteiger partial charge in [0.15, 0.2) is 0 Å². The average molecular weight is 222 g/mol. The fourth-order valence-corrected chi connectivity index (χ4v) is 1.55. The van der Waals surface area contributed by atoms with E-state index in [1.165, 1.54) is 18.2 Å². The number of halogens is 1. The highest BCUT2D eigenvalue weighted by atomic mass is 19.1. The number of nitrogen functional groups attached to an aromatic ring is 1. The number of nitrogens with two attached hydrogens (primary N) is 1. The summed E-state index contributed by atoms with van der Waals surface area (Å²) in [7, 11) is 0. The van der Waals surface area contributed by atoms with Crippen LogP contribution in [0.2, 0.25) is 0 Å². The lowest BCUT2D eigenvalue weighted by molar-refractivity contribution is 0.0520. The predicted octanol–water partition coefficient (Wildman–Crippen LogP) is 2.07. The third-order valence-electron chi connectivity index (χ3n) is 2.22. The smallest absolute Gasteiger partial charge is 0.354 e. The summed E-state index contributed by atoms with van der Waals surface area (Å²) in [6, 6.07) is 4.03. The molecule has 0 aliphatic carbocycles. The van der Waals surface area contributed by atoms with Crippen LogP contribution < -0.4 is 5.73 Å². The molecule has 0 unspecified atom stereocenters. The number of fused-ring (bicyclic) bond motifs is 1. The number of hydrogen-bond donors (Lipinski definition) is 2. The lowest BCUT2D eigenvalue weighted by Crippen LogP contribution is -2.04. The van der Waals surface area contributed by atoms with Crippen LogP contribution in [-0.2, 0) is 4.74 Å². The van der Waals surface area contributed by atoms with E-state index in [4.69, 9.17) is 10.5 Å². The van der Waals surface area contributed by atoms with Gasteiger partial charge >= 0.3 is 5.97 Å². The molecule has 2 rings (SSSR count). The van der Waals surface area contributed by atoms with Crippen molar-refractivity contribution >= 4 is 22.6 Å². The van der Waals surface area contributed by atoms with Crippen LogP contribution in [0.4, 0.5) is 10.1 Å². The Labute approximate surface area is 91.2 Å². The fourth-order valence-electron chi connectivity index (χ4n) is 1.55. The van der Waals surface area contributed by atoms with Gasteiger partial charge in [0.1, 0.15) is 11.5 Å². The molecule has 0 aliphatic heterocycles. The normalized spacial score (nSPS) is 10.6. The Morgan fingerprint density at radius 3 is 2.94 bits per heavy atom. The van der Waals surface area contributed by atoms with Crippen molar-refractivity contribution in [2.24, 2.45) is 0 Å². The van der Waals surface area contributed by atoms with E-state index < -0.39 is 11.8 Å². The van der Waals surface area contributed by atoms with Gasteiger partial charge in [-0.2, -0.15) is 0 Å². The van der Waals surface area contributed by atoms with E-state index in [9.17, 15) is 9.18 Å². The van der Waals surface area contributed by atoms with Gasteiger partial charge in [-0.1, -0.05) is 0 Å². The number of H-pyrrole nitrogens is 1. The summed E-state index contributed by atoms with van der Waals surface area (Å²) in [5.74, 6) is -0.905. The minimum Gasteiger partial charge on any atom is -0.461 e. The summed E-state index contributed by atoms with van der Waals surface area (Å²) in [6.07, 6.45) is 0. The third-order valence-corrected chi connectivity index (χ3v) is 2.22. The molecule has 0 saturated heterocycles. The molecule has 84 valence electrons. The molecule has 0 spiro atoms. The molecule has 2 aromatic rings. The van der Waals surface area contributed by atoms with Crippen LogP contribution in [0.3, 0.4) is 0 Å². The number of benzene rings is 1. The van der Waals surface area contributed by atoms with E-state index in [0.717, 1.165) is 0 Å². The maximum Gasteiger partial charge on any atom is 0.354 e. The number of carbonyl (C=O) groups is 1. The number of carbonyl (C=O) groups excluding carboxylic acids is 1. The van der Waals surface area contributed by atoms with Crippen LogP contribution in [0.25, 0.3) is 10.9 Å². The van der Waals surface area contributed by atoms with Crippen LogP contribution >= 0.6 is 0 Å². The van der Waals surface area contributed by atoms with Gasteiger partial charge in [0.2, 0.25) is 0 Å². The summed E-state index contributed by atoms with van der Waals surface area (Å²) in [5.41, 5.74) is 6.71. The van der Waals surface area contributed by atoms with Crippen molar-refractivity contribution in [3.63, 3.8) is 0 Å². The highest BCUT2D eigenvalue weighted by Crippen LogP contribution is 2.23. The van der Waals surface area contributed by atoms with Crippen LogP contribution in [0, 0.1) is 5.82 Å². The predicted molar refractivity (Wildman–Crippen MR) is 58.6 cm³/mol. The fraction of sp³-hybridized carbons (Fsp3) is 0.182. The van der Waals surface area contributed by atoms with E-state index >= 15 is 0 Å². The topological polar surface area (TPSA) is 68.1 Å². The number of ether oxygens (including phenoxy) is 1. The molecular weight excluding hydrogens is 211 g/mol. The van der Waals surface area contributed by atoms with E-state index in [0.29, 0.717) is 10.9 Å². The Hall–Kier alpha value is -2.04. The first kappa shape index (κ1) is 10.5. The van der Waals surface area contributed by atoms with Crippen molar-refractivity contribution in [3.05, 3.63) is 29.7 Å². The molecule has 0 atom stereocenters. The van der Waals surface area contributed by atoms with Crippen molar-refractivity contribution in [1.29, 1.82) is 0 Å².